The van der Waals surface area contributed by atoms with Gasteiger partial charge in [0.1, 0.15) is 5.75 Å². The van der Waals surface area contributed by atoms with Crippen LogP contribution < -0.4 is 10.9 Å². The van der Waals surface area contributed by atoms with Crippen LogP contribution in [0.2, 0.25) is 0 Å². The number of carbonyl (C=O) groups is 2. The molecule has 1 aliphatic rings. The summed E-state index contributed by atoms with van der Waals surface area (Å²) in [5, 5.41) is 9.71. The van der Waals surface area contributed by atoms with Gasteiger partial charge in [-0.2, -0.15) is 0 Å². The largest absolute Gasteiger partial charge is 0.507 e. The van der Waals surface area contributed by atoms with E-state index in [4.69, 9.17) is 0 Å². The lowest BCUT2D eigenvalue weighted by Crippen LogP contribution is -2.41. The van der Waals surface area contributed by atoms with Gasteiger partial charge in [-0.1, -0.05) is 31.4 Å². The van der Waals surface area contributed by atoms with Gasteiger partial charge in [-0.15, -0.1) is 0 Å². The zero-order chi connectivity index (χ0) is 18.7. The number of hydrazine groups is 1. The van der Waals surface area contributed by atoms with Gasteiger partial charge in [-0.25, -0.2) is 0 Å². The standard InChI is InChI=1S/C20H25N3O3/c1-13-12-17(14(2)23(13)15-8-4-3-5-9-15)20(26)22-21-19(25)16-10-6-7-11-18(16)24/h6-7,10-12,15,24H,3-5,8-9H2,1-2H3,(H,21,25)(H,22,26). The van der Waals surface area contributed by atoms with Crippen molar-refractivity contribution < 1.29 is 14.7 Å². The van der Waals surface area contributed by atoms with Crippen LogP contribution in [0.4, 0.5) is 0 Å². The molecule has 26 heavy (non-hydrogen) atoms. The number of phenols is 1. The van der Waals surface area contributed by atoms with E-state index in [0.29, 0.717) is 11.6 Å². The Bertz CT molecular complexity index is 820. The lowest BCUT2D eigenvalue weighted by molar-refractivity contribution is 0.0844. The van der Waals surface area contributed by atoms with E-state index in [1.54, 1.807) is 12.1 Å². The number of aromatic hydroxyl groups is 1. The van der Waals surface area contributed by atoms with Crippen molar-refractivity contribution in [2.75, 3.05) is 0 Å². The Balaban J connectivity index is 1.70. The molecule has 0 radical (unpaired) electrons. The molecule has 138 valence electrons. The van der Waals surface area contributed by atoms with Gasteiger partial charge in [-0.05, 0) is 44.9 Å². The van der Waals surface area contributed by atoms with Crippen molar-refractivity contribution in [1.29, 1.82) is 0 Å². The average Bonchev–Trinajstić information content (AvgIpc) is 2.95. The highest BCUT2D eigenvalue weighted by Crippen LogP contribution is 2.32. The third-order valence-corrected chi connectivity index (χ3v) is 5.11. The molecular weight excluding hydrogens is 330 g/mol. The third-order valence-electron chi connectivity index (χ3n) is 5.11. The normalized spacial score (nSPS) is 14.8. The van der Waals surface area contributed by atoms with Crippen molar-refractivity contribution in [3.05, 3.63) is 52.8 Å². The molecule has 1 saturated carbocycles. The van der Waals surface area contributed by atoms with Gasteiger partial charge in [0.05, 0.1) is 11.1 Å². The minimum Gasteiger partial charge on any atom is -0.507 e. The van der Waals surface area contributed by atoms with Gasteiger partial charge >= 0.3 is 0 Å². The van der Waals surface area contributed by atoms with Crippen LogP contribution in [-0.2, 0) is 0 Å². The van der Waals surface area contributed by atoms with Crippen LogP contribution in [0.1, 0.15) is 70.2 Å². The van der Waals surface area contributed by atoms with Crippen LogP contribution in [0.15, 0.2) is 30.3 Å². The molecule has 2 amide bonds. The van der Waals surface area contributed by atoms with E-state index in [1.165, 1.54) is 31.4 Å². The third kappa shape index (κ3) is 3.59. The van der Waals surface area contributed by atoms with Crippen LogP contribution in [0.3, 0.4) is 0 Å². The molecule has 1 aromatic carbocycles. The Morgan fingerprint density at radius 3 is 2.27 bits per heavy atom. The first-order valence-corrected chi connectivity index (χ1v) is 9.06. The van der Waals surface area contributed by atoms with Crippen molar-refractivity contribution in [2.24, 2.45) is 0 Å². The summed E-state index contributed by atoms with van der Waals surface area (Å²) in [6, 6.07) is 8.51. The Hall–Kier alpha value is -2.76. The number of rotatable bonds is 3. The summed E-state index contributed by atoms with van der Waals surface area (Å²) < 4.78 is 2.25. The number of aromatic nitrogens is 1. The zero-order valence-electron chi connectivity index (χ0n) is 15.2. The lowest BCUT2D eigenvalue weighted by Gasteiger charge is -2.26. The fraction of sp³-hybridized carbons (Fsp3) is 0.400. The smallest absolute Gasteiger partial charge is 0.273 e. The summed E-state index contributed by atoms with van der Waals surface area (Å²) in [6.07, 6.45) is 6.00. The minimum absolute atomic E-state index is 0.112. The van der Waals surface area contributed by atoms with E-state index in [2.05, 4.69) is 15.4 Å². The number of hydrogen-bond acceptors (Lipinski definition) is 3. The quantitative estimate of drug-likeness (QED) is 0.738. The molecule has 0 unspecified atom stereocenters. The number of phenolic OH excluding ortho intramolecular Hbond substituents is 1. The summed E-state index contributed by atoms with van der Waals surface area (Å²) in [5.74, 6) is -1.05. The number of hydrogen-bond donors (Lipinski definition) is 3. The highest BCUT2D eigenvalue weighted by atomic mass is 16.3. The molecule has 1 fully saturated rings. The summed E-state index contributed by atoms with van der Waals surface area (Å²) >= 11 is 0. The summed E-state index contributed by atoms with van der Waals surface area (Å²) in [4.78, 5) is 24.6. The molecule has 1 aliphatic carbocycles. The molecule has 3 N–H and O–H groups in total. The Labute approximate surface area is 153 Å². The summed E-state index contributed by atoms with van der Waals surface area (Å²) in [5.41, 5.74) is 7.47. The van der Waals surface area contributed by atoms with Gasteiger partial charge in [0.15, 0.2) is 0 Å². The molecule has 1 heterocycles. The Morgan fingerprint density at radius 2 is 1.62 bits per heavy atom. The molecular formula is C20H25N3O3. The predicted molar refractivity (Wildman–Crippen MR) is 99.1 cm³/mol. The number of para-hydroxylation sites is 1. The number of carbonyl (C=O) groups excluding carboxylic acids is 2. The van der Waals surface area contributed by atoms with Gasteiger partial charge < -0.3 is 9.67 Å². The highest BCUT2D eigenvalue weighted by molar-refractivity contribution is 6.00. The maximum absolute atomic E-state index is 12.5. The van der Waals surface area contributed by atoms with Gasteiger partial charge in [0.25, 0.3) is 11.8 Å². The van der Waals surface area contributed by atoms with Crippen LogP contribution in [0, 0.1) is 13.8 Å². The highest BCUT2D eigenvalue weighted by Gasteiger charge is 2.23. The topological polar surface area (TPSA) is 83.4 Å². The van der Waals surface area contributed by atoms with Gasteiger partial charge in [-0.3, -0.25) is 20.4 Å². The molecule has 0 saturated heterocycles. The molecule has 6 heteroatoms. The van der Waals surface area contributed by atoms with E-state index < -0.39 is 5.91 Å². The number of nitrogens with zero attached hydrogens (tertiary/aromatic N) is 1. The van der Waals surface area contributed by atoms with Crippen molar-refractivity contribution in [3.8, 4) is 5.75 Å². The maximum Gasteiger partial charge on any atom is 0.273 e. The Morgan fingerprint density at radius 1 is 1.00 bits per heavy atom. The van der Waals surface area contributed by atoms with Crippen LogP contribution in [-0.4, -0.2) is 21.5 Å². The number of aryl methyl sites for hydroxylation is 1. The van der Waals surface area contributed by atoms with Crippen LogP contribution >= 0.6 is 0 Å². The summed E-state index contributed by atoms with van der Waals surface area (Å²) in [6.45, 7) is 3.96. The number of amides is 2. The number of benzene rings is 1. The fourth-order valence-corrected chi connectivity index (χ4v) is 3.82. The lowest BCUT2D eigenvalue weighted by atomic mass is 9.95. The molecule has 2 aromatic rings. The first-order chi connectivity index (χ1) is 12.5. The molecule has 0 bridgehead atoms. The second-order valence-electron chi connectivity index (χ2n) is 6.87. The zero-order valence-corrected chi connectivity index (χ0v) is 15.2. The fourth-order valence-electron chi connectivity index (χ4n) is 3.82. The average molecular weight is 355 g/mol. The maximum atomic E-state index is 12.5. The Kier molecular flexibility index (Phi) is 5.30. The minimum atomic E-state index is -0.558. The number of nitrogens with one attached hydrogen (secondary N) is 2. The molecule has 3 rings (SSSR count). The van der Waals surface area contributed by atoms with E-state index in [9.17, 15) is 14.7 Å². The van der Waals surface area contributed by atoms with Crippen molar-refractivity contribution in [2.45, 2.75) is 52.0 Å². The van der Waals surface area contributed by atoms with E-state index in [0.717, 1.165) is 24.2 Å². The first-order valence-electron chi connectivity index (χ1n) is 9.06. The SMILES string of the molecule is Cc1cc(C(=O)NNC(=O)c2ccccc2O)c(C)n1C1CCCCC1. The van der Waals surface area contributed by atoms with E-state index in [1.807, 2.05) is 19.9 Å². The second-order valence-corrected chi connectivity index (χ2v) is 6.87. The predicted octanol–water partition coefficient (Wildman–Crippen LogP) is 3.39. The van der Waals surface area contributed by atoms with Gasteiger partial charge in [0, 0.05) is 17.4 Å². The van der Waals surface area contributed by atoms with Crippen molar-refractivity contribution in [3.63, 3.8) is 0 Å². The van der Waals surface area contributed by atoms with Crippen molar-refractivity contribution >= 4 is 11.8 Å². The monoisotopic (exact) mass is 355 g/mol. The van der Waals surface area contributed by atoms with Crippen molar-refractivity contribution in [1.82, 2.24) is 15.4 Å². The molecule has 6 nitrogen and oxygen atoms in total. The first kappa shape index (κ1) is 18.0. The van der Waals surface area contributed by atoms with E-state index in [-0.39, 0.29) is 17.2 Å². The molecule has 0 spiro atoms. The molecule has 1 aromatic heterocycles. The van der Waals surface area contributed by atoms with Crippen LogP contribution in [0.25, 0.3) is 0 Å². The van der Waals surface area contributed by atoms with E-state index >= 15 is 0 Å². The summed E-state index contributed by atoms with van der Waals surface area (Å²) in [7, 11) is 0. The molecule has 0 atom stereocenters. The molecule has 0 aliphatic heterocycles. The van der Waals surface area contributed by atoms with Gasteiger partial charge in [0.2, 0.25) is 0 Å². The van der Waals surface area contributed by atoms with Crippen LogP contribution in [0.5, 0.6) is 5.75 Å². The second kappa shape index (κ2) is 7.64.